The van der Waals surface area contributed by atoms with Gasteiger partial charge in [-0.05, 0) is 0 Å². The normalized spacial score (nSPS) is 8.93. The minimum absolute atomic E-state index is 0. The zero-order valence-corrected chi connectivity index (χ0v) is 10.5. The third kappa shape index (κ3) is 71.6. The summed E-state index contributed by atoms with van der Waals surface area (Å²) >= 11 is 0. The summed E-state index contributed by atoms with van der Waals surface area (Å²) in [4.78, 5) is 24.3. The van der Waals surface area contributed by atoms with Crippen LogP contribution in [0.2, 0.25) is 0 Å². The Labute approximate surface area is 110 Å². The quantitative estimate of drug-likeness (QED) is 0.285. The van der Waals surface area contributed by atoms with Crippen molar-refractivity contribution in [2.75, 3.05) is 0 Å². The van der Waals surface area contributed by atoms with E-state index in [1.54, 1.807) is 0 Å². The van der Waals surface area contributed by atoms with Crippen LogP contribution in [-0.2, 0) is 4.57 Å². The minimum atomic E-state index is -5.14. The Morgan fingerprint density at radius 2 is 1.21 bits per heavy atom. The molecule has 0 spiro atoms. The van der Waals surface area contributed by atoms with Gasteiger partial charge in [-0.15, -0.1) is 0 Å². The Hall–Kier alpha value is 1.30. The van der Waals surface area contributed by atoms with Crippen molar-refractivity contribution < 1.29 is 57.0 Å². The number of hydrogen-bond donors (Lipinski definition) is 1. The Morgan fingerprint density at radius 3 is 1.36 bits per heavy atom. The van der Waals surface area contributed by atoms with E-state index >= 15 is 0 Å². The van der Waals surface area contributed by atoms with Gasteiger partial charge in [-0.1, -0.05) is 46.0 Å². The van der Waals surface area contributed by atoms with E-state index < -0.39 is 7.82 Å². The molecule has 0 saturated heterocycles. The monoisotopic (exact) mass is 210 g/mol. The Bertz CT molecular complexity index is 117. The standard InChI is InChI=1S/C7H16.2Li.H3O4P/c1-3-5-7-6-4-2;;;1-5(2,3)4/h3-7H2,1-2H3;;;(H3,1,2,3,4)/q;2*+1;/p-2. The first-order chi connectivity index (χ1) is 5.41. The predicted molar refractivity (Wildman–Crippen MR) is 44.3 cm³/mol. The molecule has 7 heteroatoms. The number of hydrogen-bond acceptors (Lipinski definition) is 3. The van der Waals surface area contributed by atoms with Crippen LogP contribution in [0.25, 0.3) is 0 Å². The second-order valence-electron chi connectivity index (χ2n) is 2.53. The van der Waals surface area contributed by atoms with Gasteiger partial charge in [0.15, 0.2) is 0 Å². The van der Waals surface area contributed by atoms with Crippen molar-refractivity contribution in [3.63, 3.8) is 0 Å². The van der Waals surface area contributed by atoms with Crippen LogP contribution in [-0.4, -0.2) is 4.89 Å². The first kappa shape index (κ1) is 24.5. The molecule has 0 atom stereocenters. The molecule has 14 heavy (non-hydrogen) atoms. The second kappa shape index (κ2) is 16.7. The minimum Gasteiger partial charge on any atom is -0.790 e. The first-order valence-electron chi connectivity index (χ1n) is 4.16. The summed E-state index contributed by atoms with van der Waals surface area (Å²) in [7, 11) is -5.14. The topological polar surface area (TPSA) is 83.4 Å². The molecule has 0 heterocycles. The molecule has 76 valence electrons. The van der Waals surface area contributed by atoms with Crippen molar-refractivity contribution in [3.8, 4) is 0 Å². The average molecular weight is 210 g/mol. The van der Waals surface area contributed by atoms with E-state index in [1.165, 1.54) is 32.1 Å². The SMILES string of the molecule is CCCCCCC.O=P([O-])([O-])O.[Li+].[Li+]. The summed E-state index contributed by atoms with van der Waals surface area (Å²) in [5.41, 5.74) is 0. The molecule has 0 aromatic rings. The van der Waals surface area contributed by atoms with Crippen molar-refractivity contribution in [2.24, 2.45) is 0 Å². The van der Waals surface area contributed by atoms with Gasteiger partial charge in [0.1, 0.15) is 0 Å². The van der Waals surface area contributed by atoms with Crippen LogP contribution in [0.1, 0.15) is 46.0 Å². The smallest absolute Gasteiger partial charge is 0.790 e. The largest absolute Gasteiger partial charge is 1.00 e. The molecule has 0 aliphatic heterocycles. The van der Waals surface area contributed by atoms with Crippen molar-refractivity contribution in [1.29, 1.82) is 0 Å². The summed E-state index contributed by atoms with van der Waals surface area (Å²) in [6.07, 6.45) is 7.01. The molecule has 0 radical (unpaired) electrons. The molecule has 0 amide bonds. The second-order valence-corrected chi connectivity index (χ2v) is 3.47. The molecular weight excluding hydrogens is 193 g/mol. The fourth-order valence-electron chi connectivity index (χ4n) is 0.677. The van der Waals surface area contributed by atoms with Crippen LogP contribution in [0.15, 0.2) is 0 Å². The zero-order valence-electron chi connectivity index (χ0n) is 9.65. The van der Waals surface area contributed by atoms with Crippen molar-refractivity contribution in [3.05, 3.63) is 0 Å². The van der Waals surface area contributed by atoms with Crippen molar-refractivity contribution in [2.45, 2.75) is 46.0 Å². The molecular formula is C7H17Li2O4P. The fraction of sp³-hybridized carbons (Fsp3) is 1.00. The number of phosphoric acid groups is 1. The van der Waals surface area contributed by atoms with Crippen LogP contribution in [0.5, 0.6) is 0 Å². The molecule has 0 aliphatic carbocycles. The third-order valence-corrected chi connectivity index (χ3v) is 1.21. The predicted octanol–water partition coefficient (Wildman–Crippen LogP) is -5.21. The molecule has 0 aromatic carbocycles. The van der Waals surface area contributed by atoms with E-state index in [2.05, 4.69) is 13.8 Å². The van der Waals surface area contributed by atoms with Gasteiger partial charge in [-0.25, -0.2) is 0 Å². The maximum Gasteiger partial charge on any atom is 1.00 e. The number of unbranched alkanes of at least 4 members (excludes halogenated alkanes) is 4. The van der Waals surface area contributed by atoms with Crippen LogP contribution in [0.4, 0.5) is 0 Å². The van der Waals surface area contributed by atoms with E-state index in [0.717, 1.165) is 0 Å². The summed E-state index contributed by atoms with van der Waals surface area (Å²) in [6.45, 7) is 4.49. The Kier molecular flexibility index (Phi) is 29.3. The molecule has 4 nitrogen and oxygen atoms in total. The fourth-order valence-corrected chi connectivity index (χ4v) is 0.677. The summed E-state index contributed by atoms with van der Waals surface area (Å²) in [5, 5.41) is 0. The third-order valence-electron chi connectivity index (χ3n) is 1.21. The van der Waals surface area contributed by atoms with E-state index in [1.807, 2.05) is 0 Å². The Morgan fingerprint density at radius 1 is 1.00 bits per heavy atom. The molecule has 0 rings (SSSR count). The van der Waals surface area contributed by atoms with Crippen LogP contribution >= 0.6 is 7.82 Å². The maximum absolute atomic E-state index is 8.66. The van der Waals surface area contributed by atoms with Crippen molar-refractivity contribution in [1.82, 2.24) is 0 Å². The molecule has 0 saturated carbocycles. The molecule has 0 aromatic heterocycles. The van der Waals surface area contributed by atoms with E-state index in [4.69, 9.17) is 19.2 Å². The zero-order chi connectivity index (χ0) is 10.0. The number of rotatable bonds is 4. The van der Waals surface area contributed by atoms with Gasteiger partial charge < -0.3 is 19.2 Å². The van der Waals surface area contributed by atoms with Crippen molar-refractivity contribution >= 4 is 7.82 Å². The molecule has 0 unspecified atom stereocenters. The van der Waals surface area contributed by atoms with Crippen LogP contribution < -0.4 is 47.5 Å². The summed E-state index contributed by atoms with van der Waals surface area (Å²) in [5.74, 6) is 0. The van der Waals surface area contributed by atoms with Crippen LogP contribution in [0, 0.1) is 0 Å². The molecule has 1 N–H and O–H groups in total. The molecule has 0 bridgehead atoms. The van der Waals surface area contributed by atoms with Gasteiger partial charge in [0.05, 0.1) is 7.82 Å². The van der Waals surface area contributed by atoms with Gasteiger partial charge in [-0.2, -0.15) is 0 Å². The summed E-state index contributed by atoms with van der Waals surface area (Å²) in [6, 6.07) is 0. The Balaban J connectivity index is -0.0000000651. The molecule has 0 aliphatic rings. The summed E-state index contributed by atoms with van der Waals surface area (Å²) < 4.78 is 8.66. The first-order valence-corrected chi connectivity index (χ1v) is 5.66. The van der Waals surface area contributed by atoms with E-state index in [9.17, 15) is 0 Å². The van der Waals surface area contributed by atoms with E-state index in [-0.39, 0.29) is 37.7 Å². The van der Waals surface area contributed by atoms with E-state index in [0.29, 0.717) is 0 Å². The average Bonchev–Trinajstić information content (AvgIpc) is 1.85. The van der Waals surface area contributed by atoms with Gasteiger partial charge in [0.25, 0.3) is 0 Å². The molecule has 0 fully saturated rings. The maximum atomic E-state index is 8.66. The van der Waals surface area contributed by atoms with Gasteiger partial charge in [0, 0.05) is 0 Å². The van der Waals surface area contributed by atoms with Gasteiger partial charge in [-0.3, -0.25) is 0 Å². The van der Waals surface area contributed by atoms with Gasteiger partial charge >= 0.3 is 37.7 Å². The van der Waals surface area contributed by atoms with Gasteiger partial charge in [0.2, 0.25) is 0 Å². The van der Waals surface area contributed by atoms with Crippen LogP contribution in [0.3, 0.4) is 0 Å².